The number of aromatic nitrogens is 3. The van der Waals surface area contributed by atoms with E-state index in [-0.39, 0.29) is 12.1 Å². The molecule has 1 fully saturated rings. The molecule has 2 heterocycles. The second kappa shape index (κ2) is 5.98. The first-order chi connectivity index (χ1) is 8.99. The van der Waals surface area contributed by atoms with Gasteiger partial charge in [-0.05, 0) is 27.9 Å². The first-order valence-electron chi connectivity index (χ1n) is 6.94. The summed E-state index contributed by atoms with van der Waals surface area (Å²) in [5.41, 5.74) is 0. The normalized spacial score (nSPS) is 24.0. The lowest BCUT2D eigenvalue weighted by Crippen LogP contribution is -2.55. The molecule has 0 saturated carbocycles. The van der Waals surface area contributed by atoms with Crippen molar-refractivity contribution in [1.82, 2.24) is 24.6 Å². The fourth-order valence-electron chi connectivity index (χ4n) is 2.63. The van der Waals surface area contributed by atoms with E-state index in [4.69, 9.17) is 0 Å². The summed E-state index contributed by atoms with van der Waals surface area (Å²) in [5.74, 6) is 0.865. The molecule has 1 aliphatic heterocycles. The fraction of sp³-hybridized carbons (Fsp3) is 0.846. The van der Waals surface area contributed by atoms with E-state index in [1.165, 1.54) is 0 Å². The zero-order chi connectivity index (χ0) is 14.0. The fourth-order valence-corrected chi connectivity index (χ4v) is 2.63. The molecule has 0 amide bonds. The third-order valence-corrected chi connectivity index (χ3v) is 3.87. The summed E-state index contributed by atoms with van der Waals surface area (Å²) < 4.78 is 1.88. The van der Waals surface area contributed by atoms with Gasteiger partial charge >= 0.3 is 0 Å². The molecule has 6 heteroatoms. The molecule has 0 radical (unpaired) electrons. The summed E-state index contributed by atoms with van der Waals surface area (Å²) in [6.45, 7) is 7.10. The average Bonchev–Trinajstić information content (AvgIpc) is 2.80. The number of hydrogen-bond acceptors (Lipinski definition) is 5. The molecule has 0 bridgehead atoms. The van der Waals surface area contributed by atoms with E-state index in [0.717, 1.165) is 25.5 Å². The highest BCUT2D eigenvalue weighted by molar-refractivity contribution is 4.94. The molecule has 1 N–H and O–H groups in total. The SMILES string of the molecule is CC(C)n1ncnc1CC(O)C1CN(C)CCN1C. The van der Waals surface area contributed by atoms with E-state index >= 15 is 0 Å². The maximum atomic E-state index is 10.5. The van der Waals surface area contributed by atoms with Crippen LogP contribution in [0.25, 0.3) is 0 Å². The van der Waals surface area contributed by atoms with Crippen LogP contribution in [0, 0.1) is 0 Å². The summed E-state index contributed by atoms with van der Waals surface area (Å²) in [5, 5.41) is 14.7. The monoisotopic (exact) mass is 267 g/mol. The van der Waals surface area contributed by atoms with Crippen LogP contribution in [0.1, 0.15) is 25.7 Å². The van der Waals surface area contributed by atoms with Crippen molar-refractivity contribution in [3.63, 3.8) is 0 Å². The van der Waals surface area contributed by atoms with Crippen LogP contribution in [0.5, 0.6) is 0 Å². The predicted molar refractivity (Wildman–Crippen MR) is 74.0 cm³/mol. The summed E-state index contributed by atoms with van der Waals surface area (Å²) >= 11 is 0. The molecule has 2 unspecified atom stereocenters. The van der Waals surface area contributed by atoms with Crippen LogP contribution in [0.2, 0.25) is 0 Å². The third-order valence-electron chi connectivity index (χ3n) is 3.87. The Kier molecular flexibility index (Phi) is 4.54. The smallest absolute Gasteiger partial charge is 0.138 e. The molecule has 0 aromatic carbocycles. The van der Waals surface area contributed by atoms with Gasteiger partial charge in [0, 0.05) is 38.1 Å². The van der Waals surface area contributed by atoms with Crippen LogP contribution >= 0.6 is 0 Å². The number of rotatable bonds is 4. The molecule has 2 rings (SSSR count). The Hall–Kier alpha value is -0.980. The highest BCUT2D eigenvalue weighted by atomic mass is 16.3. The van der Waals surface area contributed by atoms with E-state index in [1.807, 2.05) is 4.68 Å². The van der Waals surface area contributed by atoms with Crippen molar-refractivity contribution in [1.29, 1.82) is 0 Å². The van der Waals surface area contributed by atoms with Crippen LogP contribution in [0.4, 0.5) is 0 Å². The Bertz CT molecular complexity index is 405. The number of likely N-dealkylation sites (N-methyl/N-ethyl adjacent to an activating group) is 2. The number of nitrogens with zero attached hydrogens (tertiary/aromatic N) is 5. The van der Waals surface area contributed by atoms with Crippen molar-refractivity contribution in [3.05, 3.63) is 12.2 Å². The minimum absolute atomic E-state index is 0.163. The highest BCUT2D eigenvalue weighted by Gasteiger charge is 2.29. The van der Waals surface area contributed by atoms with Gasteiger partial charge < -0.3 is 10.0 Å². The van der Waals surface area contributed by atoms with E-state index in [9.17, 15) is 5.11 Å². The van der Waals surface area contributed by atoms with Crippen molar-refractivity contribution in [2.45, 2.75) is 38.5 Å². The highest BCUT2D eigenvalue weighted by Crippen LogP contribution is 2.14. The average molecular weight is 267 g/mol. The van der Waals surface area contributed by atoms with Gasteiger partial charge in [0.25, 0.3) is 0 Å². The van der Waals surface area contributed by atoms with Crippen LogP contribution in [-0.2, 0) is 6.42 Å². The number of aliphatic hydroxyl groups is 1. The third kappa shape index (κ3) is 3.32. The molecule has 1 aliphatic rings. The molecule has 1 aromatic rings. The van der Waals surface area contributed by atoms with Crippen LogP contribution < -0.4 is 0 Å². The maximum Gasteiger partial charge on any atom is 0.138 e. The molecule has 6 nitrogen and oxygen atoms in total. The van der Waals surface area contributed by atoms with Gasteiger partial charge in [0.05, 0.1) is 6.10 Å². The van der Waals surface area contributed by atoms with Crippen molar-refractivity contribution in [2.24, 2.45) is 0 Å². The summed E-state index contributed by atoms with van der Waals surface area (Å²) in [6, 6.07) is 0.438. The minimum atomic E-state index is -0.408. The van der Waals surface area contributed by atoms with Gasteiger partial charge in [-0.15, -0.1) is 0 Å². The lowest BCUT2D eigenvalue weighted by atomic mass is 10.0. The van der Waals surface area contributed by atoms with E-state index in [2.05, 4.69) is 47.8 Å². The van der Waals surface area contributed by atoms with E-state index in [1.54, 1.807) is 6.33 Å². The Labute approximate surface area is 115 Å². The largest absolute Gasteiger partial charge is 0.391 e. The van der Waals surface area contributed by atoms with Crippen molar-refractivity contribution in [3.8, 4) is 0 Å². The number of piperazine rings is 1. The first kappa shape index (κ1) is 14.4. The van der Waals surface area contributed by atoms with Gasteiger partial charge in [0.1, 0.15) is 12.2 Å². The lowest BCUT2D eigenvalue weighted by molar-refractivity contribution is 0.0138. The van der Waals surface area contributed by atoms with Crippen molar-refractivity contribution < 1.29 is 5.11 Å². The Morgan fingerprint density at radius 1 is 1.37 bits per heavy atom. The second-order valence-electron chi connectivity index (χ2n) is 5.80. The van der Waals surface area contributed by atoms with E-state index < -0.39 is 6.10 Å². The second-order valence-corrected chi connectivity index (χ2v) is 5.80. The number of hydrogen-bond donors (Lipinski definition) is 1. The van der Waals surface area contributed by atoms with Gasteiger partial charge in [-0.1, -0.05) is 0 Å². The Balaban J connectivity index is 2.03. The Morgan fingerprint density at radius 3 is 2.79 bits per heavy atom. The van der Waals surface area contributed by atoms with Crippen molar-refractivity contribution >= 4 is 0 Å². The zero-order valence-corrected chi connectivity index (χ0v) is 12.3. The first-order valence-corrected chi connectivity index (χ1v) is 6.94. The molecule has 108 valence electrons. The van der Waals surface area contributed by atoms with Crippen LogP contribution in [-0.4, -0.2) is 75.5 Å². The quantitative estimate of drug-likeness (QED) is 0.833. The maximum absolute atomic E-state index is 10.5. The summed E-state index contributed by atoms with van der Waals surface area (Å²) in [6.07, 6.45) is 1.72. The van der Waals surface area contributed by atoms with Crippen LogP contribution in [0.3, 0.4) is 0 Å². The standard InChI is InChI=1S/C13H25N5O/c1-10(2)18-13(14-9-15-18)7-12(19)11-8-16(3)5-6-17(11)4/h9-12,19H,5-8H2,1-4H3. The topological polar surface area (TPSA) is 57.4 Å². The molecule has 1 saturated heterocycles. The Morgan fingerprint density at radius 2 is 2.11 bits per heavy atom. The lowest BCUT2D eigenvalue weighted by Gasteiger charge is -2.40. The zero-order valence-electron chi connectivity index (χ0n) is 12.3. The summed E-state index contributed by atoms with van der Waals surface area (Å²) in [7, 11) is 4.18. The molecular weight excluding hydrogens is 242 g/mol. The van der Waals surface area contributed by atoms with Gasteiger partial charge in [0.15, 0.2) is 0 Å². The number of aliphatic hydroxyl groups excluding tert-OH is 1. The summed E-state index contributed by atoms with van der Waals surface area (Å²) in [4.78, 5) is 8.78. The van der Waals surface area contributed by atoms with Gasteiger partial charge in [-0.25, -0.2) is 9.67 Å². The molecule has 2 atom stereocenters. The van der Waals surface area contributed by atoms with Crippen molar-refractivity contribution in [2.75, 3.05) is 33.7 Å². The molecule has 19 heavy (non-hydrogen) atoms. The molecule has 1 aromatic heterocycles. The van der Waals surface area contributed by atoms with Gasteiger partial charge in [-0.2, -0.15) is 5.10 Å². The predicted octanol–water partition coefficient (Wildman–Crippen LogP) is 0.00820. The molecule has 0 aliphatic carbocycles. The van der Waals surface area contributed by atoms with Crippen LogP contribution in [0.15, 0.2) is 6.33 Å². The van der Waals surface area contributed by atoms with E-state index in [0.29, 0.717) is 6.42 Å². The minimum Gasteiger partial charge on any atom is -0.391 e. The molecule has 0 spiro atoms. The van der Waals surface area contributed by atoms with Gasteiger partial charge in [-0.3, -0.25) is 4.90 Å². The van der Waals surface area contributed by atoms with Gasteiger partial charge in [0.2, 0.25) is 0 Å². The molecular formula is C13H25N5O.